The summed E-state index contributed by atoms with van der Waals surface area (Å²) < 4.78 is 0. The Kier molecular flexibility index (Phi) is 4.75. The number of hydrogen-bond donors (Lipinski definition) is 2. The average Bonchev–Trinajstić information content (AvgIpc) is 2.96. The van der Waals surface area contributed by atoms with Crippen molar-refractivity contribution in [3.63, 3.8) is 0 Å². The van der Waals surface area contributed by atoms with Gasteiger partial charge in [-0.3, -0.25) is 0 Å². The van der Waals surface area contributed by atoms with E-state index < -0.39 is 0 Å². The first kappa shape index (κ1) is 14.5. The molecule has 0 bridgehead atoms. The molecule has 20 heavy (non-hydrogen) atoms. The van der Waals surface area contributed by atoms with Gasteiger partial charge in [-0.1, -0.05) is 36.0 Å². The maximum atomic E-state index is 6.29. The fraction of sp³-hybridized carbons (Fsp3) is 0.625. The minimum absolute atomic E-state index is 0.526. The van der Waals surface area contributed by atoms with Crippen molar-refractivity contribution in [1.29, 1.82) is 0 Å². The lowest BCUT2D eigenvalue weighted by molar-refractivity contribution is 0.263. The number of rotatable bonds is 3. The van der Waals surface area contributed by atoms with Gasteiger partial charge in [0.25, 0.3) is 0 Å². The highest BCUT2D eigenvalue weighted by atomic mass is 35.5. The molecule has 2 aliphatic rings. The summed E-state index contributed by atoms with van der Waals surface area (Å²) in [6.07, 6.45) is 7.86. The topological polar surface area (TPSA) is 24.1 Å². The van der Waals surface area contributed by atoms with Gasteiger partial charge >= 0.3 is 0 Å². The molecule has 4 heteroatoms. The Hall–Kier alpha value is -0.440. The fourth-order valence-corrected chi connectivity index (χ4v) is 4.17. The van der Waals surface area contributed by atoms with E-state index in [1.807, 2.05) is 18.2 Å². The highest BCUT2D eigenvalue weighted by molar-refractivity contribution is 6.36. The number of halogens is 2. The first-order valence-electron chi connectivity index (χ1n) is 7.69. The maximum absolute atomic E-state index is 6.29. The van der Waals surface area contributed by atoms with Crippen LogP contribution in [0.25, 0.3) is 0 Å². The molecular formula is C16H22Cl2N2. The van der Waals surface area contributed by atoms with Crippen LogP contribution in [-0.4, -0.2) is 18.6 Å². The van der Waals surface area contributed by atoms with Gasteiger partial charge in [0.2, 0.25) is 0 Å². The van der Waals surface area contributed by atoms with Crippen LogP contribution >= 0.6 is 23.2 Å². The molecule has 1 aliphatic heterocycles. The van der Waals surface area contributed by atoms with Crippen LogP contribution in [-0.2, 0) is 0 Å². The van der Waals surface area contributed by atoms with Gasteiger partial charge in [-0.25, -0.2) is 0 Å². The third-order valence-electron chi connectivity index (χ3n) is 4.71. The first-order valence-corrected chi connectivity index (χ1v) is 8.44. The smallest absolute Gasteiger partial charge is 0.0652 e. The molecule has 1 heterocycles. The minimum atomic E-state index is 0.526. The summed E-state index contributed by atoms with van der Waals surface area (Å²) in [6.45, 7) is 1.18. The Labute approximate surface area is 131 Å². The number of anilines is 1. The van der Waals surface area contributed by atoms with Crippen molar-refractivity contribution in [2.24, 2.45) is 5.92 Å². The van der Waals surface area contributed by atoms with Gasteiger partial charge in [0.15, 0.2) is 0 Å². The van der Waals surface area contributed by atoms with E-state index in [1.54, 1.807) is 0 Å². The van der Waals surface area contributed by atoms with Crippen molar-refractivity contribution in [1.82, 2.24) is 5.32 Å². The van der Waals surface area contributed by atoms with Crippen LogP contribution in [0.5, 0.6) is 0 Å². The molecule has 0 radical (unpaired) electrons. The zero-order valence-electron chi connectivity index (χ0n) is 11.7. The molecule has 3 unspecified atom stereocenters. The third-order valence-corrected chi connectivity index (χ3v) is 5.25. The quantitative estimate of drug-likeness (QED) is 0.844. The van der Waals surface area contributed by atoms with Gasteiger partial charge in [0.05, 0.1) is 10.7 Å². The summed E-state index contributed by atoms with van der Waals surface area (Å²) in [5, 5.41) is 8.76. The van der Waals surface area contributed by atoms with Crippen LogP contribution in [0.4, 0.5) is 5.69 Å². The lowest BCUT2D eigenvalue weighted by Gasteiger charge is -2.37. The Balaban J connectivity index is 1.72. The van der Waals surface area contributed by atoms with Crippen molar-refractivity contribution in [2.45, 2.75) is 50.6 Å². The second kappa shape index (κ2) is 6.55. The third kappa shape index (κ3) is 3.24. The zero-order chi connectivity index (χ0) is 13.9. The van der Waals surface area contributed by atoms with Crippen LogP contribution in [0.2, 0.25) is 10.0 Å². The molecule has 2 N–H and O–H groups in total. The van der Waals surface area contributed by atoms with Crippen molar-refractivity contribution in [3.8, 4) is 0 Å². The Morgan fingerprint density at radius 2 is 1.90 bits per heavy atom. The van der Waals surface area contributed by atoms with Gasteiger partial charge < -0.3 is 10.6 Å². The van der Waals surface area contributed by atoms with Crippen LogP contribution in [0.1, 0.15) is 38.5 Å². The molecule has 2 fully saturated rings. The van der Waals surface area contributed by atoms with E-state index in [0.717, 1.165) is 16.6 Å². The summed E-state index contributed by atoms with van der Waals surface area (Å²) in [5.41, 5.74) is 1.02. The standard InChI is InChI=1S/C16H22Cl2N2/c17-11-7-8-16(13(18)10-11)20-15-5-2-1-4-12(15)14-6-3-9-19-14/h7-8,10,12,14-15,19-20H,1-6,9H2. The molecule has 1 saturated heterocycles. The van der Waals surface area contributed by atoms with Gasteiger partial charge in [0, 0.05) is 17.1 Å². The molecule has 3 rings (SSSR count). The Morgan fingerprint density at radius 3 is 2.65 bits per heavy atom. The van der Waals surface area contributed by atoms with Crippen molar-refractivity contribution in [2.75, 3.05) is 11.9 Å². The highest BCUT2D eigenvalue weighted by Crippen LogP contribution is 2.34. The molecule has 0 amide bonds. The van der Waals surface area contributed by atoms with E-state index in [1.165, 1.54) is 45.1 Å². The van der Waals surface area contributed by atoms with Crippen LogP contribution in [0, 0.1) is 5.92 Å². The normalized spacial score (nSPS) is 30.4. The predicted octanol–water partition coefficient (Wildman–Crippen LogP) is 4.72. The van der Waals surface area contributed by atoms with E-state index >= 15 is 0 Å². The summed E-state index contributed by atoms with van der Waals surface area (Å²) in [7, 11) is 0. The Bertz CT molecular complexity index is 458. The molecular weight excluding hydrogens is 291 g/mol. The Morgan fingerprint density at radius 1 is 1.05 bits per heavy atom. The van der Waals surface area contributed by atoms with Gasteiger partial charge in [-0.15, -0.1) is 0 Å². The second-order valence-corrected chi connectivity index (χ2v) is 6.87. The largest absolute Gasteiger partial charge is 0.381 e. The SMILES string of the molecule is Clc1ccc(NC2CCCCC2C2CCCN2)c(Cl)c1. The van der Waals surface area contributed by atoms with E-state index in [-0.39, 0.29) is 0 Å². The summed E-state index contributed by atoms with van der Waals surface area (Å²) in [6, 6.07) is 6.92. The number of benzene rings is 1. The summed E-state index contributed by atoms with van der Waals surface area (Å²) in [4.78, 5) is 0. The molecule has 2 nitrogen and oxygen atoms in total. The minimum Gasteiger partial charge on any atom is -0.381 e. The second-order valence-electron chi connectivity index (χ2n) is 6.03. The lowest BCUT2D eigenvalue weighted by Crippen LogP contribution is -2.43. The van der Waals surface area contributed by atoms with E-state index in [0.29, 0.717) is 17.1 Å². The van der Waals surface area contributed by atoms with E-state index in [4.69, 9.17) is 23.2 Å². The monoisotopic (exact) mass is 312 g/mol. The molecule has 3 atom stereocenters. The molecule has 1 aromatic rings. The van der Waals surface area contributed by atoms with E-state index in [9.17, 15) is 0 Å². The van der Waals surface area contributed by atoms with Gasteiger partial charge in [0.1, 0.15) is 0 Å². The molecule has 0 spiro atoms. The zero-order valence-corrected chi connectivity index (χ0v) is 13.2. The number of nitrogens with one attached hydrogen (secondary N) is 2. The molecule has 110 valence electrons. The lowest BCUT2D eigenvalue weighted by atomic mass is 9.79. The highest BCUT2D eigenvalue weighted by Gasteiger charge is 2.33. The first-order chi connectivity index (χ1) is 9.74. The molecule has 0 aromatic heterocycles. The molecule has 1 aromatic carbocycles. The van der Waals surface area contributed by atoms with Crippen LogP contribution in [0.15, 0.2) is 18.2 Å². The average molecular weight is 313 g/mol. The summed E-state index contributed by atoms with van der Waals surface area (Å²) in [5.74, 6) is 0.720. The van der Waals surface area contributed by atoms with Crippen molar-refractivity contribution < 1.29 is 0 Å². The predicted molar refractivity (Wildman–Crippen MR) is 86.9 cm³/mol. The fourth-order valence-electron chi connectivity index (χ4n) is 3.70. The van der Waals surface area contributed by atoms with Gasteiger partial charge in [-0.2, -0.15) is 0 Å². The molecule has 1 saturated carbocycles. The van der Waals surface area contributed by atoms with Crippen molar-refractivity contribution >= 4 is 28.9 Å². The van der Waals surface area contributed by atoms with E-state index in [2.05, 4.69) is 10.6 Å². The molecule has 1 aliphatic carbocycles. The summed E-state index contributed by atoms with van der Waals surface area (Å²) >= 11 is 12.3. The van der Waals surface area contributed by atoms with Crippen molar-refractivity contribution in [3.05, 3.63) is 28.2 Å². The maximum Gasteiger partial charge on any atom is 0.0652 e. The van der Waals surface area contributed by atoms with Crippen LogP contribution in [0.3, 0.4) is 0 Å². The number of hydrogen-bond acceptors (Lipinski definition) is 2. The van der Waals surface area contributed by atoms with Crippen LogP contribution < -0.4 is 10.6 Å². The van der Waals surface area contributed by atoms with Gasteiger partial charge in [-0.05, 0) is 56.3 Å².